The topological polar surface area (TPSA) is 68.2 Å². The summed E-state index contributed by atoms with van der Waals surface area (Å²) in [6.45, 7) is 1.44. The number of fused-ring (bicyclic) bond motifs is 1. The molecule has 0 fully saturated rings. The number of hydrogen-bond acceptors (Lipinski definition) is 5. The van der Waals surface area contributed by atoms with E-state index < -0.39 is 0 Å². The molecule has 1 aliphatic heterocycles. The van der Waals surface area contributed by atoms with Gasteiger partial charge in [0.2, 0.25) is 5.89 Å². The average molecular weight is 244 g/mol. The summed E-state index contributed by atoms with van der Waals surface area (Å²) in [6.07, 6.45) is 2.84. The fourth-order valence-electron chi connectivity index (χ4n) is 2.31. The van der Waals surface area contributed by atoms with Gasteiger partial charge in [-0.15, -0.1) is 5.10 Å². The van der Waals surface area contributed by atoms with E-state index >= 15 is 0 Å². The van der Waals surface area contributed by atoms with E-state index in [9.17, 15) is 0 Å². The third kappa shape index (κ3) is 1.97. The van der Waals surface area contributed by atoms with Gasteiger partial charge in [0.25, 0.3) is 0 Å². The van der Waals surface area contributed by atoms with Crippen molar-refractivity contribution in [3.05, 3.63) is 35.7 Å². The van der Waals surface area contributed by atoms with Crippen LogP contribution in [0.2, 0.25) is 0 Å². The fourth-order valence-corrected chi connectivity index (χ4v) is 2.31. The number of aromatic nitrogens is 2. The molecule has 0 saturated heterocycles. The lowest BCUT2D eigenvalue weighted by atomic mass is 10.0. The molecule has 0 spiro atoms. The predicted octanol–water partition coefficient (Wildman–Crippen LogP) is 1.66. The fraction of sp³-hybridized carbons (Fsp3) is 0.385. The van der Waals surface area contributed by atoms with Gasteiger partial charge in [-0.05, 0) is 24.5 Å². The van der Waals surface area contributed by atoms with Crippen LogP contribution in [0.15, 0.2) is 28.7 Å². The molecule has 0 saturated carbocycles. The smallest absolute Gasteiger partial charge is 0.322 e. The van der Waals surface area contributed by atoms with Crippen LogP contribution in [-0.4, -0.2) is 23.3 Å². The van der Waals surface area contributed by atoms with Crippen LogP contribution >= 0.6 is 0 Å². The Balaban J connectivity index is 1.92. The molecule has 18 heavy (non-hydrogen) atoms. The molecular weight excluding hydrogens is 228 g/mol. The lowest BCUT2D eigenvalue weighted by Gasteiger charge is -2.27. The summed E-state index contributed by atoms with van der Waals surface area (Å²) in [4.78, 5) is 2.09. The van der Waals surface area contributed by atoms with Crippen LogP contribution in [0, 0.1) is 0 Å². The monoisotopic (exact) mass is 244 g/mol. The van der Waals surface area contributed by atoms with E-state index in [4.69, 9.17) is 10.2 Å². The Kier molecular flexibility index (Phi) is 2.98. The highest BCUT2D eigenvalue weighted by Crippen LogP contribution is 2.32. The third-order valence-corrected chi connectivity index (χ3v) is 3.16. The van der Waals surface area contributed by atoms with Crippen molar-refractivity contribution in [2.24, 2.45) is 5.73 Å². The Morgan fingerprint density at radius 1 is 1.28 bits per heavy atom. The molecule has 0 atom stereocenters. The molecule has 2 aromatic rings. The Hall–Kier alpha value is -1.88. The van der Waals surface area contributed by atoms with Crippen LogP contribution < -0.4 is 10.6 Å². The molecular formula is C13H16N4O. The van der Waals surface area contributed by atoms with Gasteiger partial charge in [0, 0.05) is 25.2 Å². The van der Waals surface area contributed by atoms with Crippen molar-refractivity contribution in [2.75, 3.05) is 18.0 Å². The molecule has 0 bridgehead atoms. The first kappa shape index (κ1) is 11.2. The molecule has 3 rings (SSSR count). The van der Waals surface area contributed by atoms with Gasteiger partial charge < -0.3 is 10.2 Å². The zero-order valence-corrected chi connectivity index (χ0v) is 10.2. The van der Waals surface area contributed by atoms with Crippen molar-refractivity contribution in [3.8, 4) is 0 Å². The Morgan fingerprint density at radius 2 is 2.17 bits per heavy atom. The van der Waals surface area contributed by atoms with Crippen molar-refractivity contribution >= 4 is 11.7 Å². The maximum absolute atomic E-state index is 5.64. The van der Waals surface area contributed by atoms with Crippen LogP contribution in [0.3, 0.4) is 0 Å². The normalized spacial score (nSPS) is 14.6. The zero-order chi connectivity index (χ0) is 12.4. The Bertz CT molecular complexity index is 537. The molecule has 0 radical (unpaired) electrons. The summed E-state index contributed by atoms with van der Waals surface area (Å²) in [5.74, 6) is 0.607. The summed E-state index contributed by atoms with van der Waals surface area (Å²) in [6, 6.07) is 8.93. The van der Waals surface area contributed by atoms with Crippen LogP contribution in [-0.2, 0) is 12.8 Å². The van der Waals surface area contributed by atoms with E-state index in [1.54, 1.807) is 0 Å². The minimum Gasteiger partial charge on any atom is -0.408 e. The first-order valence-corrected chi connectivity index (χ1v) is 6.26. The van der Waals surface area contributed by atoms with Crippen LogP contribution in [0.25, 0.3) is 0 Å². The second-order valence-electron chi connectivity index (χ2n) is 4.40. The molecule has 0 amide bonds. The minimum atomic E-state index is 0.526. The number of rotatable bonds is 3. The van der Waals surface area contributed by atoms with Crippen LogP contribution in [0.4, 0.5) is 11.7 Å². The first-order chi connectivity index (χ1) is 8.88. The van der Waals surface area contributed by atoms with Gasteiger partial charge in [-0.1, -0.05) is 23.3 Å². The van der Waals surface area contributed by atoms with E-state index in [-0.39, 0.29) is 0 Å². The number of nitrogens with two attached hydrogens (primary N) is 1. The lowest BCUT2D eigenvalue weighted by molar-refractivity contribution is 0.491. The van der Waals surface area contributed by atoms with Gasteiger partial charge in [0.1, 0.15) is 0 Å². The molecule has 5 nitrogen and oxygen atoms in total. The molecule has 1 aliphatic rings. The van der Waals surface area contributed by atoms with Crippen LogP contribution in [0.1, 0.15) is 17.9 Å². The molecule has 5 heteroatoms. The molecule has 2 heterocycles. The SMILES string of the molecule is NCCc1nnc(N2CCCc3ccccc32)o1. The summed E-state index contributed by atoms with van der Waals surface area (Å²) in [7, 11) is 0. The van der Waals surface area contributed by atoms with Crippen molar-refractivity contribution in [3.63, 3.8) is 0 Å². The van der Waals surface area contributed by atoms with Gasteiger partial charge in [-0.2, -0.15) is 0 Å². The maximum atomic E-state index is 5.64. The number of hydrogen-bond donors (Lipinski definition) is 1. The number of aryl methyl sites for hydroxylation is 1. The van der Waals surface area contributed by atoms with E-state index in [0.29, 0.717) is 24.9 Å². The highest BCUT2D eigenvalue weighted by Gasteiger charge is 2.22. The minimum absolute atomic E-state index is 0.526. The lowest BCUT2D eigenvalue weighted by Crippen LogP contribution is -2.24. The van der Waals surface area contributed by atoms with Crippen molar-refractivity contribution < 1.29 is 4.42 Å². The molecule has 94 valence electrons. The Labute approximate surface area is 106 Å². The summed E-state index contributed by atoms with van der Waals surface area (Å²) in [5.41, 5.74) is 7.99. The number of para-hydroxylation sites is 1. The van der Waals surface area contributed by atoms with Gasteiger partial charge in [-0.25, -0.2) is 0 Å². The molecule has 0 unspecified atom stereocenters. The van der Waals surface area contributed by atoms with Crippen molar-refractivity contribution in [2.45, 2.75) is 19.3 Å². The summed E-state index contributed by atoms with van der Waals surface area (Å²) < 4.78 is 5.64. The number of benzene rings is 1. The largest absolute Gasteiger partial charge is 0.408 e. The number of anilines is 2. The highest BCUT2D eigenvalue weighted by atomic mass is 16.4. The zero-order valence-electron chi connectivity index (χ0n) is 10.2. The van der Waals surface area contributed by atoms with Gasteiger partial charge in [-0.3, -0.25) is 4.90 Å². The quantitative estimate of drug-likeness (QED) is 0.889. The van der Waals surface area contributed by atoms with Gasteiger partial charge >= 0.3 is 6.01 Å². The third-order valence-electron chi connectivity index (χ3n) is 3.16. The summed E-state index contributed by atoms with van der Waals surface area (Å²) in [5, 5.41) is 8.13. The van der Waals surface area contributed by atoms with Crippen molar-refractivity contribution in [1.82, 2.24) is 10.2 Å². The molecule has 2 N–H and O–H groups in total. The first-order valence-electron chi connectivity index (χ1n) is 6.26. The molecule has 1 aromatic carbocycles. The van der Waals surface area contributed by atoms with E-state index in [1.807, 2.05) is 6.07 Å². The van der Waals surface area contributed by atoms with Crippen molar-refractivity contribution in [1.29, 1.82) is 0 Å². The maximum Gasteiger partial charge on any atom is 0.322 e. The van der Waals surface area contributed by atoms with Crippen LogP contribution in [0.5, 0.6) is 0 Å². The van der Waals surface area contributed by atoms with E-state index in [2.05, 4.69) is 33.3 Å². The number of nitrogens with zero attached hydrogens (tertiary/aromatic N) is 3. The average Bonchev–Trinajstić information content (AvgIpc) is 2.87. The highest BCUT2D eigenvalue weighted by molar-refractivity contribution is 5.62. The van der Waals surface area contributed by atoms with Gasteiger partial charge in [0.15, 0.2) is 0 Å². The predicted molar refractivity (Wildman–Crippen MR) is 68.8 cm³/mol. The molecule has 0 aliphatic carbocycles. The summed E-state index contributed by atoms with van der Waals surface area (Å²) >= 11 is 0. The molecule has 1 aromatic heterocycles. The second-order valence-corrected chi connectivity index (χ2v) is 4.40. The van der Waals surface area contributed by atoms with E-state index in [0.717, 1.165) is 19.4 Å². The Morgan fingerprint density at radius 3 is 3.06 bits per heavy atom. The second kappa shape index (κ2) is 4.78. The standard InChI is InChI=1S/C13H16N4O/c14-8-7-12-15-16-13(18-12)17-9-3-5-10-4-1-2-6-11(10)17/h1-2,4,6H,3,5,7-9,14H2. The van der Waals surface area contributed by atoms with E-state index in [1.165, 1.54) is 11.3 Å². The van der Waals surface area contributed by atoms with Gasteiger partial charge in [0.05, 0.1) is 0 Å².